The van der Waals surface area contributed by atoms with Gasteiger partial charge in [-0.15, -0.1) is 10.2 Å². The number of fused-ring (bicyclic) bond motifs is 1. The standard InChI is InChI=1S/C26H37N5OS/c1-17(2)10-11-20(12-21-14-27-23-9-7-6-8-22(21)23)13-24(32)25-28-29-26(33-25)31-15-18(3)30(5)19(4)16-31/h6-9,14,17-20,27H,10-13,15-16H2,1-5H3/t18-,19-,20?/m1/s1. The summed E-state index contributed by atoms with van der Waals surface area (Å²) < 4.78 is 0. The van der Waals surface area contributed by atoms with Crippen LogP contribution in [0.25, 0.3) is 10.9 Å². The highest BCUT2D eigenvalue weighted by Gasteiger charge is 2.29. The van der Waals surface area contributed by atoms with Crippen molar-refractivity contribution in [2.45, 2.75) is 65.5 Å². The Labute approximate surface area is 201 Å². The lowest BCUT2D eigenvalue weighted by atomic mass is 9.88. The molecule has 0 radical (unpaired) electrons. The monoisotopic (exact) mass is 467 g/mol. The Bertz CT molecular complexity index is 1060. The Hall–Kier alpha value is -2.25. The zero-order valence-corrected chi connectivity index (χ0v) is 21.4. The number of piperazine rings is 1. The van der Waals surface area contributed by atoms with Crippen LogP contribution in [0, 0.1) is 11.8 Å². The van der Waals surface area contributed by atoms with E-state index >= 15 is 0 Å². The van der Waals surface area contributed by atoms with Gasteiger partial charge in [0, 0.05) is 48.7 Å². The normalized spacial score (nSPS) is 20.6. The maximum atomic E-state index is 13.2. The molecule has 3 aromatic rings. The van der Waals surface area contributed by atoms with Crippen molar-refractivity contribution in [2.75, 3.05) is 25.0 Å². The van der Waals surface area contributed by atoms with E-state index in [1.165, 1.54) is 22.3 Å². The third kappa shape index (κ3) is 5.64. The third-order valence-corrected chi connectivity index (χ3v) is 8.12. The molecule has 0 spiro atoms. The van der Waals surface area contributed by atoms with Crippen molar-refractivity contribution in [1.29, 1.82) is 0 Å². The summed E-state index contributed by atoms with van der Waals surface area (Å²) in [6.07, 6.45) is 5.70. The fourth-order valence-electron chi connectivity index (χ4n) is 4.82. The van der Waals surface area contributed by atoms with Gasteiger partial charge in [0.1, 0.15) is 0 Å². The molecule has 0 bridgehead atoms. The lowest BCUT2D eigenvalue weighted by Gasteiger charge is -2.42. The number of Topliss-reactive ketones (excluding diaryl/α,β-unsaturated/α-hetero) is 1. The number of aromatic nitrogens is 3. The third-order valence-electron chi connectivity index (χ3n) is 7.09. The van der Waals surface area contributed by atoms with Gasteiger partial charge in [-0.25, -0.2) is 0 Å². The fraction of sp³-hybridized carbons (Fsp3) is 0.577. The summed E-state index contributed by atoms with van der Waals surface area (Å²) in [5, 5.41) is 11.4. The number of carbonyl (C=O) groups is 1. The summed E-state index contributed by atoms with van der Waals surface area (Å²) in [4.78, 5) is 21.3. The summed E-state index contributed by atoms with van der Waals surface area (Å²) in [7, 11) is 2.17. The van der Waals surface area contributed by atoms with E-state index in [1.807, 2.05) is 0 Å². The summed E-state index contributed by atoms with van der Waals surface area (Å²) in [6, 6.07) is 9.31. The van der Waals surface area contributed by atoms with E-state index in [0.717, 1.165) is 43.0 Å². The minimum Gasteiger partial charge on any atom is -0.361 e. The molecule has 6 nitrogen and oxygen atoms in total. The van der Waals surface area contributed by atoms with Crippen LogP contribution in [0.1, 0.15) is 62.3 Å². The molecule has 1 aromatic carbocycles. The quantitative estimate of drug-likeness (QED) is 0.426. The molecule has 1 aliphatic rings. The lowest BCUT2D eigenvalue weighted by Crippen LogP contribution is -2.55. The van der Waals surface area contributed by atoms with E-state index in [-0.39, 0.29) is 5.78 Å². The van der Waals surface area contributed by atoms with Crippen molar-refractivity contribution >= 4 is 33.2 Å². The van der Waals surface area contributed by atoms with Crippen LogP contribution in [0.4, 0.5) is 5.13 Å². The largest absolute Gasteiger partial charge is 0.361 e. The summed E-state index contributed by atoms with van der Waals surface area (Å²) in [5.41, 5.74) is 2.45. The predicted octanol–water partition coefficient (Wildman–Crippen LogP) is 5.42. The summed E-state index contributed by atoms with van der Waals surface area (Å²) >= 11 is 1.46. The minimum absolute atomic E-state index is 0.127. The van der Waals surface area contributed by atoms with Gasteiger partial charge in [0.15, 0.2) is 10.8 Å². The van der Waals surface area contributed by atoms with E-state index in [0.29, 0.717) is 35.3 Å². The summed E-state index contributed by atoms with van der Waals surface area (Å²) in [6.45, 7) is 10.8. The Morgan fingerprint density at radius 2 is 1.88 bits per heavy atom. The van der Waals surface area contributed by atoms with Crippen LogP contribution in [0.15, 0.2) is 30.5 Å². The molecular formula is C26H37N5OS. The highest BCUT2D eigenvalue weighted by molar-refractivity contribution is 7.17. The van der Waals surface area contributed by atoms with Gasteiger partial charge in [-0.2, -0.15) is 0 Å². The van der Waals surface area contributed by atoms with Crippen LogP contribution in [0.2, 0.25) is 0 Å². The average Bonchev–Trinajstić information content (AvgIpc) is 3.43. The number of H-pyrrole nitrogens is 1. The number of nitrogens with one attached hydrogen (secondary N) is 1. The van der Waals surface area contributed by atoms with Crippen molar-refractivity contribution in [3.63, 3.8) is 0 Å². The molecule has 1 unspecified atom stereocenters. The number of anilines is 1. The number of likely N-dealkylation sites (N-methyl/N-ethyl adjacent to an activating group) is 1. The van der Waals surface area contributed by atoms with E-state index in [4.69, 9.17) is 0 Å². The van der Waals surface area contributed by atoms with Crippen LogP contribution in [-0.4, -0.2) is 58.1 Å². The second-order valence-electron chi connectivity index (χ2n) is 10.2. The molecular weight excluding hydrogens is 430 g/mol. The van der Waals surface area contributed by atoms with Crippen molar-refractivity contribution in [1.82, 2.24) is 20.1 Å². The first-order valence-corrected chi connectivity index (χ1v) is 13.0. The van der Waals surface area contributed by atoms with Gasteiger partial charge < -0.3 is 9.88 Å². The number of para-hydroxylation sites is 1. The van der Waals surface area contributed by atoms with Crippen molar-refractivity contribution in [3.8, 4) is 0 Å². The Kier molecular flexibility index (Phi) is 7.49. The second-order valence-corrected chi connectivity index (χ2v) is 11.1. The van der Waals surface area contributed by atoms with Crippen LogP contribution in [0.3, 0.4) is 0 Å². The van der Waals surface area contributed by atoms with Gasteiger partial charge in [-0.1, -0.05) is 49.8 Å². The second kappa shape index (κ2) is 10.3. The number of ketones is 1. The lowest BCUT2D eigenvalue weighted by molar-refractivity contribution is 0.0956. The average molecular weight is 468 g/mol. The van der Waals surface area contributed by atoms with Gasteiger partial charge in [0.25, 0.3) is 0 Å². The number of aromatic amines is 1. The Morgan fingerprint density at radius 1 is 1.15 bits per heavy atom. The fourth-order valence-corrected chi connectivity index (χ4v) is 5.63. The van der Waals surface area contributed by atoms with Crippen molar-refractivity contribution < 1.29 is 4.79 Å². The van der Waals surface area contributed by atoms with Crippen LogP contribution >= 0.6 is 11.3 Å². The highest BCUT2D eigenvalue weighted by atomic mass is 32.1. The smallest absolute Gasteiger partial charge is 0.208 e. The zero-order valence-electron chi connectivity index (χ0n) is 20.5. The maximum Gasteiger partial charge on any atom is 0.208 e. The minimum atomic E-state index is 0.127. The van der Waals surface area contributed by atoms with Gasteiger partial charge in [0.05, 0.1) is 0 Å². The number of hydrogen-bond donors (Lipinski definition) is 1. The molecule has 1 fully saturated rings. The van der Waals surface area contributed by atoms with Gasteiger partial charge in [0.2, 0.25) is 5.13 Å². The number of rotatable bonds is 9. The predicted molar refractivity (Wildman–Crippen MR) is 137 cm³/mol. The van der Waals surface area contributed by atoms with E-state index in [2.05, 4.69) is 90.2 Å². The Balaban J connectivity index is 1.45. The van der Waals surface area contributed by atoms with E-state index in [1.54, 1.807) is 0 Å². The molecule has 0 aliphatic carbocycles. The molecule has 1 N–H and O–H groups in total. The molecule has 1 saturated heterocycles. The summed E-state index contributed by atoms with van der Waals surface area (Å²) in [5.74, 6) is 1.05. The number of benzene rings is 1. The zero-order chi connectivity index (χ0) is 23.5. The van der Waals surface area contributed by atoms with Crippen LogP contribution in [0.5, 0.6) is 0 Å². The van der Waals surface area contributed by atoms with Crippen molar-refractivity contribution in [3.05, 3.63) is 41.0 Å². The topological polar surface area (TPSA) is 65.1 Å². The van der Waals surface area contributed by atoms with Crippen LogP contribution in [-0.2, 0) is 6.42 Å². The van der Waals surface area contributed by atoms with Gasteiger partial charge >= 0.3 is 0 Å². The highest BCUT2D eigenvalue weighted by Crippen LogP contribution is 2.29. The number of carbonyl (C=O) groups excluding carboxylic acids is 1. The van der Waals surface area contributed by atoms with E-state index < -0.39 is 0 Å². The van der Waals surface area contributed by atoms with Crippen LogP contribution < -0.4 is 4.90 Å². The molecule has 0 amide bonds. The van der Waals surface area contributed by atoms with Gasteiger partial charge in [-0.3, -0.25) is 9.69 Å². The first-order chi connectivity index (χ1) is 15.8. The molecule has 1 aliphatic heterocycles. The maximum absolute atomic E-state index is 13.2. The molecule has 3 heterocycles. The Morgan fingerprint density at radius 3 is 2.61 bits per heavy atom. The number of nitrogens with zero attached hydrogens (tertiary/aromatic N) is 4. The first kappa shape index (κ1) is 23.9. The molecule has 2 aromatic heterocycles. The molecule has 4 rings (SSSR count). The SMILES string of the molecule is CC(C)CCC(CC(=O)c1nnc(N2C[C@@H](C)N(C)[C@H](C)C2)s1)Cc1c[nH]c2ccccc12. The molecule has 3 atom stereocenters. The van der Waals surface area contributed by atoms with E-state index in [9.17, 15) is 4.79 Å². The van der Waals surface area contributed by atoms with Gasteiger partial charge in [-0.05, 0) is 57.2 Å². The number of hydrogen-bond acceptors (Lipinski definition) is 6. The molecule has 7 heteroatoms. The molecule has 178 valence electrons. The molecule has 0 saturated carbocycles. The first-order valence-electron chi connectivity index (χ1n) is 12.2. The van der Waals surface area contributed by atoms with Crippen molar-refractivity contribution in [2.24, 2.45) is 11.8 Å². The molecule has 33 heavy (non-hydrogen) atoms.